The lowest BCUT2D eigenvalue weighted by Crippen LogP contribution is -2.41. The van der Waals surface area contributed by atoms with Crippen LogP contribution in [0, 0.1) is 0 Å². The fourth-order valence-electron chi connectivity index (χ4n) is 2.11. The summed E-state index contributed by atoms with van der Waals surface area (Å²) in [5.41, 5.74) is 6.98. The third-order valence-corrected chi connectivity index (χ3v) is 3.02. The molecule has 0 radical (unpaired) electrons. The van der Waals surface area contributed by atoms with Crippen molar-refractivity contribution in [3.63, 3.8) is 0 Å². The molecule has 1 aliphatic heterocycles. The highest BCUT2D eigenvalue weighted by molar-refractivity contribution is 5.78. The maximum atomic E-state index is 5.76. The SMILES string of the molecule is CCOc1ccccc1C1CN=C(N)N(C)C1. The van der Waals surface area contributed by atoms with E-state index in [-0.39, 0.29) is 0 Å². The Kier molecular flexibility index (Phi) is 3.52. The smallest absolute Gasteiger partial charge is 0.191 e. The number of likely N-dealkylation sites (N-methyl/N-ethyl adjacent to an activating group) is 1. The Morgan fingerprint density at radius 1 is 1.47 bits per heavy atom. The minimum atomic E-state index is 0.357. The van der Waals surface area contributed by atoms with Gasteiger partial charge in [0.1, 0.15) is 5.75 Å². The van der Waals surface area contributed by atoms with Gasteiger partial charge in [0.05, 0.1) is 13.2 Å². The molecule has 0 fully saturated rings. The maximum Gasteiger partial charge on any atom is 0.191 e. The van der Waals surface area contributed by atoms with E-state index in [9.17, 15) is 0 Å². The van der Waals surface area contributed by atoms with Crippen molar-refractivity contribution >= 4 is 5.96 Å². The van der Waals surface area contributed by atoms with Crippen LogP contribution in [0.15, 0.2) is 29.3 Å². The van der Waals surface area contributed by atoms with Gasteiger partial charge in [-0.25, -0.2) is 0 Å². The topological polar surface area (TPSA) is 50.9 Å². The number of hydrogen-bond acceptors (Lipinski definition) is 4. The van der Waals surface area contributed by atoms with Gasteiger partial charge in [0.2, 0.25) is 0 Å². The third-order valence-electron chi connectivity index (χ3n) is 3.02. The van der Waals surface area contributed by atoms with Crippen LogP contribution in [0.2, 0.25) is 0 Å². The number of rotatable bonds is 3. The largest absolute Gasteiger partial charge is 0.494 e. The van der Waals surface area contributed by atoms with Crippen molar-refractivity contribution in [2.24, 2.45) is 10.7 Å². The van der Waals surface area contributed by atoms with Crippen LogP contribution in [0.1, 0.15) is 18.4 Å². The lowest BCUT2D eigenvalue weighted by molar-refractivity contribution is 0.329. The van der Waals surface area contributed by atoms with Crippen LogP contribution >= 0.6 is 0 Å². The monoisotopic (exact) mass is 233 g/mol. The number of para-hydroxylation sites is 1. The molecule has 1 aliphatic rings. The predicted molar refractivity (Wildman–Crippen MR) is 69.5 cm³/mol. The van der Waals surface area contributed by atoms with Crippen LogP contribution < -0.4 is 10.5 Å². The van der Waals surface area contributed by atoms with Gasteiger partial charge in [-0.05, 0) is 13.0 Å². The van der Waals surface area contributed by atoms with Crippen LogP contribution in [0.3, 0.4) is 0 Å². The predicted octanol–water partition coefficient (Wildman–Crippen LogP) is 1.43. The maximum absolute atomic E-state index is 5.76. The van der Waals surface area contributed by atoms with Gasteiger partial charge in [0.15, 0.2) is 5.96 Å². The molecule has 4 heteroatoms. The van der Waals surface area contributed by atoms with Crippen molar-refractivity contribution in [1.29, 1.82) is 0 Å². The lowest BCUT2D eigenvalue weighted by Gasteiger charge is -2.29. The number of ether oxygens (including phenoxy) is 1. The van der Waals surface area contributed by atoms with Crippen molar-refractivity contribution < 1.29 is 4.74 Å². The van der Waals surface area contributed by atoms with Gasteiger partial charge in [-0.3, -0.25) is 4.99 Å². The molecule has 0 saturated heterocycles. The number of aliphatic imine (C=N–C) groups is 1. The Hall–Kier alpha value is -1.71. The van der Waals surface area contributed by atoms with Crippen molar-refractivity contribution in [3.8, 4) is 5.75 Å². The van der Waals surface area contributed by atoms with Crippen molar-refractivity contribution in [2.45, 2.75) is 12.8 Å². The molecule has 0 saturated carbocycles. The lowest BCUT2D eigenvalue weighted by atomic mass is 9.96. The van der Waals surface area contributed by atoms with E-state index in [1.807, 2.05) is 37.1 Å². The van der Waals surface area contributed by atoms with Gasteiger partial charge in [0, 0.05) is 25.1 Å². The fraction of sp³-hybridized carbons (Fsp3) is 0.462. The first-order valence-corrected chi connectivity index (χ1v) is 5.95. The molecular weight excluding hydrogens is 214 g/mol. The van der Waals surface area contributed by atoms with E-state index in [4.69, 9.17) is 10.5 Å². The van der Waals surface area contributed by atoms with Crippen molar-refractivity contribution in [2.75, 3.05) is 26.7 Å². The van der Waals surface area contributed by atoms with Gasteiger partial charge in [0.25, 0.3) is 0 Å². The van der Waals surface area contributed by atoms with E-state index < -0.39 is 0 Å². The average Bonchev–Trinajstić information content (AvgIpc) is 2.34. The minimum absolute atomic E-state index is 0.357. The molecule has 0 spiro atoms. The van der Waals surface area contributed by atoms with E-state index in [0.717, 1.165) is 18.8 Å². The van der Waals surface area contributed by atoms with E-state index in [1.54, 1.807) is 0 Å². The van der Waals surface area contributed by atoms with E-state index in [1.165, 1.54) is 5.56 Å². The molecule has 17 heavy (non-hydrogen) atoms. The molecule has 0 bridgehead atoms. The number of nitrogens with zero attached hydrogens (tertiary/aromatic N) is 2. The molecule has 0 aromatic heterocycles. The molecular formula is C13H19N3O. The molecule has 1 aromatic rings. The number of hydrogen-bond donors (Lipinski definition) is 1. The quantitative estimate of drug-likeness (QED) is 0.859. The van der Waals surface area contributed by atoms with Gasteiger partial charge < -0.3 is 15.4 Å². The highest BCUT2D eigenvalue weighted by Gasteiger charge is 2.22. The molecule has 92 valence electrons. The summed E-state index contributed by atoms with van der Waals surface area (Å²) in [6, 6.07) is 8.17. The van der Waals surface area contributed by atoms with Crippen molar-refractivity contribution in [1.82, 2.24) is 4.90 Å². The summed E-state index contributed by atoms with van der Waals surface area (Å²) in [5, 5.41) is 0. The Morgan fingerprint density at radius 3 is 2.94 bits per heavy atom. The van der Waals surface area contributed by atoms with Crippen LogP contribution in [-0.4, -0.2) is 37.6 Å². The second-order valence-corrected chi connectivity index (χ2v) is 4.25. The zero-order valence-corrected chi connectivity index (χ0v) is 10.4. The van der Waals surface area contributed by atoms with Crippen molar-refractivity contribution in [3.05, 3.63) is 29.8 Å². The van der Waals surface area contributed by atoms with Gasteiger partial charge >= 0.3 is 0 Å². The third kappa shape index (κ3) is 2.52. The number of guanidine groups is 1. The summed E-state index contributed by atoms with van der Waals surface area (Å²) in [7, 11) is 1.97. The summed E-state index contributed by atoms with van der Waals surface area (Å²) in [6.07, 6.45) is 0. The Morgan fingerprint density at radius 2 is 2.24 bits per heavy atom. The van der Waals surface area contributed by atoms with Gasteiger partial charge in [-0.1, -0.05) is 18.2 Å². The molecule has 1 unspecified atom stereocenters. The highest BCUT2D eigenvalue weighted by Crippen LogP contribution is 2.28. The number of benzene rings is 1. The zero-order valence-electron chi connectivity index (χ0n) is 10.4. The number of nitrogens with two attached hydrogens (primary N) is 1. The highest BCUT2D eigenvalue weighted by atomic mass is 16.5. The second kappa shape index (κ2) is 5.08. The Balaban J connectivity index is 2.23. The molecule has 0 amide bonds. The summed E-state index contributed by atoms with van der Waals surface area (Å²) in [5.74, 6) is 1.94. The summed E-state index contributed by atoms with van der Waals surface area (Å²) in [4.78, 5) is 6.32. The molecule has 0 aliphatic carbocycles. The van der Waals surface area contributed by atoms with Crippen LogP contribution in [-0.2, 0) is 0 Å². The fourth-order valence-corrected chi connectivity index (χ4v) is 2.11. The second-order valence-electron chi connectivity index (χ2n) is 4.25. The molecule has 2 rings (SSSR count). The Bertz CT molecular complexity index is 417. The van der Waals surface area contributed by atoms with E-state index in [0.29, 0.717) is 18.5 Å². The zero-order chi connectivity index (χ0) is 12.3. The van der Waals surface area contributed by atoms with Gasteiger partial charge in [-0.15, -0.1) is 0 Å². The van der Waals surface area contributed by atoms with E-state index >= 15 is 0 Å². The Labute approximate surface area is 102 Å². The normalized spacial score (nSPS) is 20.0. The van der Waals surface area contributed by atoms with E-state index in [2.05, 4.69) is 11.1 Å². The summed E-state index contributed by atoms with van der Waals surface area (Å²) < 4.78 is 5.65. The first-order chi connectivity index (χ1) is 8.22. The first-order valence-electron chi connectivity index (χ1n) is 5.95. The molecule has 1 heterocycles. The van der Waals surface area contributed by atoms with Crippen LogP contribution in [0.25, 0.3) is 0 Å². The minimum Gasteiger partial charge on any atom is -0.494 e. The molecule has 2 N–H and O–H groups in total. The molecule has 4 nitrogen and oxygen atoms in total. The molecule has 1 aromatic carbocycles. The summed E-state index contributed by atoms with van der Waals surface area (Å²) in [6.45, 7) is 4.31. The van der Waals surface area contributed by atoms with Gasteiger partial charge in [-0.2, -0.15) is 0 Å². The first kappa shape index (κ1) is 11.8. The standard InChI is InChI=1S/C13H19N3O/c1-3-17-12-7-5-4-6-11(12)10-8-15-13(14)16(2)9-10/h4-7,10H,3,8-9H2,1-2H3,(H2,14,15). The summed E-state index contributed by atoms with van der Waals surface area (Å²) >= 11 is 0. The average molecular weight is 233 g/mol. The van der Waals surface area contributed by atoms with Crippen LogP contribution in [0.4, 0.5) is 0 Å². The van der Waals surface area contributed by atoms with Crippen LogP contribution in [0.5, 0.6) is 5.75 Å². The molecule has 1 atom stereocenters.